The quantitative estimate of drug-likeness (QED) is 0.637. The summed E-state index contributed by atoms with van der Waals surface area (Å²) in [7, 11) is 0. The van der Waals surface area contributed by atoms with Gasteiger partial charge in [-0.2, -0.15) is 5.10 Å². The second-order valence-corrected chi connectivity index (χ2v) is 7.01. The van der Waals surface area contributed by atoms with Crippen molar-refractivity contribution in [1.82, 2.24) is 9.78 Å². The number of carboxylic acid groups (broad SMARTS) is 1. The van der Waals surface area contributed by atoms with E-state index in [0.717, 1.165) is 0 Å². The van der Waals surface area contributed by atoms with Gasteiger partial charge in [-0.3, -0.25) is 0 Å². The van der Waals surface area contributed by atoms with Crippen LogP contribution in [0.25, 0.3) is 16.9 Å². The van der Waals surface area contributed by atoms with E-state index in [9.17, 15) is 9.90 Å². The highest BCUT2D eigenvalue weighted by Crippen LogP contribution is 2.40. The molecule has 0 spiro atoms. The molecule has 0 fully saturated rings. The SMILES string of the molecule is O=C(O)c1nn(-c2ccc(Cl)cc2Cl)c2c1CCOc1cc(Cl)ccc1-2. The first kappa shape index (κ1) is 17.2. The van der Waals surface area contributed by atoms with Gasteiger partial charge in [-0.15, -0.1) is 0 Å². The molecule has 0 atom stereocenters. The van der Waals surface area contributed by atoms with Gasteiger partial charge in [0.25, 0.3) is 0 Å². The van der Waals surface area contributed by atoms with Crippen LogP contribution < -0.4 is 4.74 Å². The lowest BCUT2D eigenvalue weighted by atomic mass is 10.0. The zero-order valence-electron chi connectivity index (χ0n) is 13.2. The Morgan fingerprint density at radius 2 is 1.85 bits per heavy atom. The summed E-state index contributed by atoms with van der Waals surface area (Å²) in [5.41, 5.74) is 2.41. The van der Waals surface area contributed by atoms with E-state index in [1.807, 2.05) is 0 Å². The molecule has 26 heavy (non-hydrogen) atoms. The summed E-state index contributed by atoms with van der Waals surface area (Å²) in [4.78, 5) is 11.7. The number of carbonyl (C=O) groups is 1. The minimum atomic E-state index is -1.11. The monoisotopic (exact) mass is 408 g/mol. The summed E-state index contributed by atoms with van der Waals surface area (Å²) in [6.07, 6.45) is 0.397. The summed E-state index contributed by atoms with van der Waals surface area (Å²) in [6.45, 7) is 0.320. The van der Waals surface area contributed by atoms with Gasteiger partial charge in [-0.1, -0.05) is 34.8 Å². The summed E-state index contributed by atoms with van der Waals surface area (Å²) < 4.78 is 7.30. The molecule has 0 aliphatic carbocycles. The van der Waals surface area contributed by atoms with E-state index in [-0.39, 0.29) is 5.69 Å². The van der Waals surface area contributed by atoms with Crippen LogP contribution in [0.15, 0.2) is 36.4 Å². The Balaban J connectivity index is 2.06. The van der Waals surface area contributed by atoms with E-state index in [1.165, 1.54) is 4.68 Å². The number of hydrogen-bond donors (Lipinski definition) is 1. The Morgan fingerprint density at radius 3 is 2.58 bits per heavy atom. The Morgan fingerprint density at radius 1 is 1.12 bits per heavy atom. The highest BCUT2D eigenvalue weighted by molar-refractivity contribution is 6.35. The van der Waals surface area contributed by atoms with Gasteiger partial charge in [0.1, 0.15) is 5.75 Å². The number of nitrogens with zero attached hydrogens (tertiary/aromatic N) is 2. The lowest BCUT2D eigenvalue weighted by Gasteiger charge is -2.12. The minimum absolute atomic E-state index is 0.0302. The molecule has 8 heteroatoms. The Hall–Kier alpha value is -2.21. The van der Waals surface area contributed by atoms with Crippen LogP contribution in [0.1, 0.15) is 16.1 Å². The molecule has 1 aliphatic rings. The average molecular weight is 410 g/mol. The van der Waals surface area contributed by atoms with Gasteiger partial charge in [-0.25, -0.2) is 9.48 Å². The summed E-state index contributed by atoms with van der Waals surface area (Å²) in [6, 6.07) is 10.2. The standard InChI is InChI=1S/C18H11Cl3N2O3/c19-9-2-4-14(13(21)7-9)23-17-11-3-1-10(20)8-15(11)26-6-5-12(17)16(22-23)18(24)25/h1-4,7-8H,5-6H2,(H,24,25). The van der Waals surface area contributed by atoms with Crippen molar-refractivity contribution in [3.63, 3.8) is 0 Å². The minimum Gasteiger partial charge on any atom is -0.492 e. The highest BCUT2D eigenvalue weighted by Gasteiger charge is 2.29. The molecule has 1 aliphatic heterocycles. The molecule has 1 aromatic heterocycles. The fourth-order valence-corrected chi connectivity index (χ4v) is 3.69. The van der Waals surface area contributed by atoms with Crippen LogP contribution in [0.2, 0.25) is 15.1 Å². The van der Waals surface area contributed by atoms with Crippen LogP contribution in [-0.4, -0.2) is 27.5 Å². The van der Waals surface area contributed by atoms with Crippen LogP contribution in [-0.2, 0) is 6.42 Å². The summed E-state index contributed by atoms with van der Waals surface area (Å²) in [5.74, 6) is -0.540. The van der Waals surface area contributed by atoms with Crippen molar-refractivity contribution in [3.05, 3.63) is 62.7 Å². The molecular weight excluding hydrogens is 399 g/mol. The van der Waals surface area contributed by atoms with Gasteiger partial charge >= 0.3 is 5.97 Å². The molecule has 0 saturated heterocycles. The van der Waals surface area contributed by atoms with E-state index < -0.39 is 5.97 Å². The Kier molecular flexibility index (Phi) is 4.31. The molecule has 0 unspecified atom stereocenters. The zero-order chi connectivity index (χ0) is 18.4. The molecule has 1 N–H and O–H groups in total. The van der Waals surface area contributed by atoms with Crippen molar-refractivity contribution >= 4 is 40.8 Å². The molecular formula is C18H11Cl3N2O3. The molecule has 3 aromatic rings. The molecule has 5 nitrogen and oxygen atoms in total. The first-order valence-electron chi connectivity index (χ1n) is 7.69. The fourth-order valence-electron chi connectivity index (χ4n) is 3.04. The molecule has 2 aromatic carbocycles. The summed E-state index contributed by atoms with van der Waals surface area (Å²) >= 11 is 18.4. The third-order valence-corrected chi connectivity index (χ3v) is 4.91. The number of carboxylic acids is 1. The fraction of sp³-hybridized carbons (Fsp3) is 0.111. The second kappa shape index (κ2) is 6.50. The van der Waals surface area contributed by atoms with Gasteiger partial charge in [0.15, 0.2) is 5.69 Å². The van der Waals surface area contributed by atoms with Gasteiger partial charge in [0.05, 0.1) is 23.0 Å². The topological polar surface area (TPSA) is 64.3 Å². The van der Waals surface area contributed by atoms with Crippen molar-refractivity contribution in [3.8, 4) is 22.7 Å². The maximum atomic E-state index is 11.7. The van der Waals surface area contributed by atoms with Gasteiger partial charge in [-0.05, 0) is 36.4 Å². The first-order valence-corrected chi connectivity index (χ1v) is 8.82. The molecule has 4 rings (SSSR count). The van der Waals surface area contributed by atoms with E-state index in [0.29, 0.717) is 56.4 Å². The number of fused-ring (bicyclic) bond motifs is 3. The molecule has 0 bridgehead atoms. The lowest BCUT2D eigenvalue weighted by Crippen LogP contribution is -2.06. The number of aromatic nitrogens is 2. The molecule has 0 amide bonds. The first-order chi connectivity index (χ1) is 12.5. The van der Waals surface area contributed by atoms with Crippen LogP contribution >= 0.6 is 34.8 Å². The molecule has 2 heterocycles. The predicted octanol–water partition coefficient (Wildman–Crippen LogP) is 5.13. The van der Waals surface area contributed by atoms with E-state index in [4.69, 9.17) is 39.5 Å². The molecule has 132 valence electrons. The van der Waals surface area contributed by atoms with Gasteiger partial charge in [0, 0.05) is 27.6 Å². The van der Waals surface area contributed by atoms with Crippen LogP contribution in [0, 0.1) is 0 Å². The number of hydrogen-bond acceptors (Lipinski definition) is 3. The van der Waals surface area contributed by atoms with Crippen LogP contribution in [0.4, 0.5) is 0 Å². The van der Waals surface area contributed by atoms with E-state index in [2.05, 4.69) is 5.10 Å². The third-order valence-electron chi connectivity index (χ3n) is 4.13. The number of ether oxygens (including phenoxy) is 1. The highest BCUT2D eigenvalue weighted by atomic mass is 35.5. The van der Waals surface area contributed by atoms with Gasteiger partial charge < -0.3 is 9.84 Å². The third kappa shape index (κ3) is 2.82. The zero-order valence-corrected chi connectivity index (χ0v) is 15.4. The smallest absolute Gasteiger partial charge is 0.356 e. The van der Waals surface area contributed by atoms with Crippen molar-refractivity contribution < 1.29 is 14.6 Å². The average Bonchev–Trinajstić information content (AvgIpc) is 2.85. The maximum absolute atomic E-state index is 11.7. The maximum Gasteiger partial charge on any atom is 0.356 e. The van der Waals surface area contributed by atoms with E-state index in [1.54, 1.807) is 36.4 Å². The van der Waals surface area contributed by atoms with Crippen molar-refractivity contribution in [2.75, 3.05) is 6.61 Å². The normalized spacial score (nSPS) is 12.7. The summed E-state index contributed by atoms with van der Waals surface area (Å²) in [5, 5.41) is 15.3. The van der Waals surface area contributed by atoms with Crippen molar-refractivity contribution in [1.29, 1.82) is 0 Å². The predicted molar refractivity (Wildman–Crippen MR) is 100 cm³/mol. The van der Waals surface area contributed by atoms with Gasteiger partial charge in [0.2, 0.25) is 0 Å². The Bertz CT molecular complexity index is 1050. The number of aromatic carboxylic acids is 1. The van der Waals surface area contributed by atoms with Crippen molar-refractivity contribution in [2.24, 2.45) is 0 Å². The van der Waals surface area contributed by atoms with Crippen LogP contribution in [0.3, 0.4) is 0 Å². The Labute approximate surface area is 163 Å². The van der Waals surface area contributed by atoms with E-state index >= 15 is 0 Å². The second-order valence-electron chi connectivity index (χ2n) is 5.73. The van der Waals surface area contributed by atoms with Crippen LogP contribution in [0.5, 0.6) is 5.75 Å². The molecule has 0 saturated carbocycles. The number of halogens is 3. The van der Waals surface area contributed by atoms with Crippen molar-refractivity contribution in [2.45, 2.75) is 6.42 Å². The molecule has 0 radical (unpaired) electrons. The lowest BCUT2D eigenvalue weighted by molar-refractivity contribution is 0.0688. The largest absolute Gasteiger partial charge is 0.492 e. The number of rotatable bonds is 2. The number of benzene rings is 2.